The Morgan fingerprint density at radius 3 is 2.61 bits per heavy atom. The highest BCUT2D eigenvalue weighted by atomic mass is 16.6. The van der Waals surface area contributed by atoms with Gasteiger partial charge in [0.25, 0.3) is 0 Å². The molecule has 2 N–H and O–H groups in total. The second-order valence-electron chi connectivity index (χ2n) is 12.7. The van der Waals surface area contributed by atoms with Crippen LogP contribution in [0.4, 0.5) is 0 Å². The van der Waals surface area contributed by atoms with Crippen LogP contribution in [0.25, 0.3) is 0 Å². The molecule has 0 bridgehead atoms. The SMILES string of the molecule is C=C1/C(=C\C=C2/CCC[C@]3(C)[C@@H]([C@H](C)C[C@H]4OC(=O)C(=C)[C@H]4c4ccccc4)CC[C@@H]23)C[C@@H](O)[C@H](C)[C@@H]1O. The smallest absolute Gasteiger partial charge is 0.334 e. The van der Waals surface area contributed by atoms with Crippen molar-refractivity contribution in [2.45, 2.75) is 89.9 Å². The molecule has 1 aromatic carbocycles. The van der Waals surface area contributed by atoms with Crippen molar-refractivity contribution in [2.24, 2.45) is 29.1 Å². The minimum absolute atomic E-state index is 0.0680. The number of carbonyl (C=O) groups excluding carboxylic acids is 1. The van der Waals surface area contributed by atoms with E-state index in [0.717, 1.165) is 29.6 Å². The Balaban J connectivity index is 1.32. The van der Waals surface area contributed by atoms with Gasteiger partial charge >= 0.3 is 5.97 Å². The fourth-order valence-electron chi connectivity index (χ4n) is 8.28. The Morgan fingerprint density at radius 2 is 1.87 bits per heavy atom. The highest BCUT2D eigenvalue weighted by Crippen LogP contribution is 2.60. The number of ether oxygens (including phenoxy) is 1. The Hall–Kier alpha value is -2.43. The van der Waals surface area contributed by atoms with Gasteiger partial charge in [-0.3, -0.25) is 0 Å². The molecule has 0 unspecified atom stereocenters. The molecule has 0 radical (unpaired) electrons. The molecule has 1 aliphatic heterocycles. The highest BCUT2D eigenvalue weighted by molar-refractivity contribution is 5.92. The van der Waals surface area contributed by atoms with Crippen LogP contribution in [0.2, 0.25) is 0 Å². The molecule has 0 aromatic heterocycles. The van der Waals surface area contributed by atoms with Gasteiger partial charge in [0.2, 0.25) is 0 Å². The molecule has 9 atom stereocenters. The predicted octanol–water partition coefficient (Wildman–Crippen LogP) is 6.67. The molecule has 4 aliphatic rings. The molecule has 3 aliphatic carbocycles. The number of benzene rings is 1. The van der Waals surface area contributed by atoms with Gasteiger partial charge in [0, 0.05) is 11.5 Å². The monoisotopic (exact) mass is 516 g/mol. The molecule has 3 saturated carbocycles. The van der Waals surface area contributed by atoms with Crippen molar-refractivity contribution >= 4 is 5.97 Å². The van der Waals surface area contributed by atoms with Crippen LogP contribution >= 0.6 is 0 Å². The number of cyclic esters (lactones) is 1. The van der Waals surface area contributed by atoms with E-state index < -0.39 is 12.2 Å². The van der Waals surface area contributed by atoms with Gasteiger partial charge < -0.3 is 14.9 Å². The van der Waals surface area contributed by atoms with Gasteiger partial charge in [0.1, 0.15) is 6.10 Å². The van der Waals surface area contributed by atoms with E-state index >= 15 is 0 Å². The van der Waals surface area contributed by atoms with E-state index in [9.17, 15) is 15.0 Å². The van der Waals surface area contributed by atoms with Gasteiger partial charge in [-0.15, -0.1) is 0 Å². The molecular weight excluding hydrogens is 472 g/mol. The number of carbonyl (C=O) groups is 1. The maximum Gasteiger partial charge on any atom is 0.334 e. The van der Waals surface area contributed by atoms with Crippen molar-refractivity contribution in [1.29, 1.82) is 0 Å². The van der Waals surface area contributed by atoms with Crippen molar-refractivity contribution < 1.29 is 19.7 Å². The van der Waals surface area contributed by atoms with Crippen LogP contribution in [-0.2, 0) is 9.53 Å². The normalized spacial score (nSPS) is 40.4. The Morgan fingerprint density at radius 1 is 1.13 bits per heavy atom. The molecule has 38 heavy (non-hydrogen) atoms. The van der Waals surface area contributed by atoms with E-state index in [-0.39, 0.29) is 29.3 Å². The van der Waals surface area contributed by atoms with Crippen LogP contribution in [0.3, 0.4) is 0 Å². The van der Waals surface area contributed by atoms with Crippen molar-refractivity contribution in [2.75, 3.05) is 0 Å². The van der Waals surface area contributed by atoms with Crippen molar-refractivity contribution in [3.05, 3.63) is 83.5 Å². The zero-order chi connectivity index (χ0) is 27.2. The first kappa shape index (κ1) is 27.1. The lowest BCUT2D eigenvalue weighted by Gasteiger charge is -2.45. The van der Waals surface area contributed by atoms with Crippen LogP contribution in [-0.4, -0.2) is 34.5 Å². The molecule has 0 spiro atoms. The third-order valence-corrected chi connectivity index (χ3v) is 10.6. The number of esters is 1. The standard InChI is InChI=1S/C34H44O4/c1-20(18-30-31(23(4)33(37)38-30)25-10-7-6-8-11-25)27-15-16-28-24(12-9-17-34(27,28)5)13-14-26-19-29(35)22(3)32(36)21(26)2/h6-8,10-11,13-14,20,22,27-32,35-36H,2,4,9,12,15-19H2,1,3,5H3/b24-13+,26-14-/t20-,22+,27-,28+,29-,30-,31+,32-,34-/m1/s1. The first-order chi connectivity index (χ1) is 18.1. The lowest BCUT2D eigenvalue weighted by molar-refractivity contribution is -0.139. The second-order valence-corrected chi connectivity index (χ2v) is 12.7. The van der Waals surface area contributed by atoms with Crippen LogP contribution in [0.1, 0.15) is 77.2 Å². The van der Waals surface area contributed by atoms with E-state index in [0.29, 0.717) is 29.7 Å². The third-order valence-electron chi connectivity index (χ3n) is 10.6. The first-order valence-corrected chi connectivity index (χ1v) is 14.5. The van der Waals surface area contributed by atoms with Crippen LogP contribution < -0.4 is 0 Å². The van der Waals surface area contributed by atoms with E-state index in [1.165, 1.54) is 31.3 Å². The number of aliphatic hydroxyl groups is 2. The molecule has 1 aromatic rings. The van der Waals surface area contributed by atoms with Gasteiger partial charge in [-0.25, -0.2) is 4.79 Å². The lowest BCUT2D eigenvalue weighted by Crippen LogP contribution is -2.37. The van der Waals surface area contributed by atoms with Crippen LogP contribution in [0, 0.1) is 29.1 Å². The molecular formula is C34H44O4. The fraction of sp³-hybridized carbons (Fsp3) is 0.559. The number of hydrogen-bond acceptors (Lipinski definition) is 4. The molecule has 4 nitrogen and oxygen atoms in total. The number of hydrogen-bond donors (Lipinski definition) is 2. The third kappa shape index (κ3) is 4.75. The molecule has 4 fully saturated rings. The number of rotatable bonds is 5. The summed E-state index contributed by atoms with van der Waals surface area (Å²) in [5.41, 5.74) is 5.13. The van der Waals surface area contributed by atoms with E-state index in [1.807, 2.05) is 25.1 Å². The van der Waals surface area contributed by atoms with Gasteiger partial charge in [-0.05, 0) is 84.8 Å². The summed E-state index contributed by atoms with van der Waals surface area (Å²) in [6, 6.07) is 10.2. The average Bonchev–Trinajstić information content (AvgIpc) is 3.40. The maximum absolute atomic E-state index is 12.5. The Kier molecular flexibility index (Phi) is 7.59. The first-order valence-electron chi connectivity index (χ1n) is 14.5. The molecule has 5 rings (SSSR count). The predicted molar refractivity (Wildman–Crippen MR) is 151 cm³/mol. The number of allylic oxidation sites excluding steroid dienone is 3. The number of aliphatic hydroxyl groups excluding tert-OH is 2. The highest BCUT2D eigenvalue weighted by Gasteiger charge is 2.52. The quantitative estimate of drug-likeness (QED) is 0.339. The molecule has 1 saturated heterocycles. The zero-order valence-electron chi connectivity index (χ0n) is 23.2. The van der Waals surface area contributed by atoms with Crippen molar-refractivity contribution in [1.82, 2.24) is 0 Å². The van der Waals surface area contributed by atoms with Gasteiger partial charge in [0.05, 0.1) is 18.1 Å². The summed E-state index contributed by atoms with van der Waals surface area (Å²) < 4.78 is 5.89. The van der Waals surface area contributed by atoms with Gasteiger partial charge in [-0.1, -0.05) is 82.0 Å². The van der Waals surface area contributed by atoms with E-state index in [1.54, 1.807) is 0 Å². The Bertz CT molecular complexity index is 1150. The molecule has 1 heterocycles. The summed E-state index contributed by atoms with van der Waals surface area (Å²) in [5.74, 6) is 1.04. The largest absolute Gasteiger partial charge is 0.458 e. The summed E-state index contributed by atoms with van der Waals surface area (Å²) in [6.45, 7) is 14.9. The maximum atomic E-state index is 12.5. The second kappa shape index (κ2) is 10.6. The lowest BCUT2D eigenvalue weighted by atomic mass is 9.60. The van der Waals surface area contributed by atoms with Gasteiger partial charge in [-0.2, -0.15) is 0 Å². The molecule has 4 heteroatoms. The van der Waals surface area contributed by atoms with Gasteiger partial charge in [0.15, 0.2) is 0 Å². The van der Waals surface area contributed by atoms with Crippen LogP contribution in [0.5, 0.6) is 0 Å². The summed E-state index contributed by atoms with van der Waals surface area (Å²) in [6.07, 6.45) is 10.3. The zero-order valence-corrected chi connectivity index (χ0v) is 23.2. The van der Waals surface area contributed by atoms with Crippen molar-refractivity contribution in [3.63, 3.8) is 0 Å². The Labute approximate surface area is 228 Å². The van der Waals surface area contributed by atoms with E-state index in [4.69, 9.17) is 4.74 Å². The summed E-state index contributed by atoms with van der Waals surface area (Å²) in [4.78, 5) is 12.5. The topological polar surface area (TPSA) is 66.8 Å². The minimum atomic E-state index is -0.683. The molecule has 0 amide bonds. The van der Waals surface area contributed by atoms with Crippen LogP contribution in [0.15, 0.2) is 77.9 Å². The van der Waals surface area contributed by atoms with E-state index in [2.05, 4.69) is 51.3 Å². The fourth-order valence-corrected chi connectivity index (χ4v) is 8.28. The summed E-state index contributed by atoms with van der Waals surface area (Å²) >= 11 is 0. The van der Waals surface area contributed by atoms with Crippen molar-refractivity contribution in [3.8, 4) is 0 Å². The summed E-state index contributed by atoms with van der Waals surface area (Å²) in [5, 5.41) is 20.9. The number of fused-ring (bicyclic) bond motifs is 1. The average molecular weight is 517 g/mol. The minimum Gasteiger partial charge on any atom is -0.458 e. The molecule has 204 valence electrons. The summed E-state index contributed by atoms with van der Waals surface area (Å²) in [7, 11) is 0.